The smallest absolute Gasteiger partial charge is 0.444 e. The van der Waals surface area contributed by atoms with Gasteiger partial charge in [-0.1, -0.05) is 12.1 Å². The van der Waals surface area contributed by atoms with E-state index in [2.05, 4.69) is 15.3 Å². The van der Waals surface area contributed by atoms with Gasteiger partial charge < -0.3 is 19.7 Å². The van der Waals surface area contributed by atoms with Crippen LogP contribution < -0.4 is 5.32 Å². The first-order valence-electron chi connectivity index (χ1n) is 9.38. The number of nitrogens with one attached hydrogen (secondary N) is 1. The number of alkyl halides is 3. The highest BCUT2D eigenvalue weighted by Crippen LogP contribution is 2.28. The Morgan fingerprint density at radius 1 is 1.20 bits per heavy atom. The van der Waals surface area contributed by atoms with Gasteiger partial charge in [-0.2, -0.15) is 13.2 Å². The van der Waals surface area contributed by atoms with Crippen LogP contribution in [0.15, 0.2) is 36.5 Å². The lowest BCUT2D eigenvalue weighted by Crippen LogP contribution is -2.44. The SMILES string of the molecule is CC(C)(C)OC(=O)N1CCOC(c2ccc(Nc3ccnc(C(F)(F)F)n3)cc2)C1. The van der Waals surface area contributed by atoms with E-state index in [1.165, 1.54) is 6.07 Å². The van der Waals surface area contributed by atoms with Gasteiger partial charge in [-0.3, -0.25) is 0 Å². The number of anilines is 2. The summed E-state index contributed by atoms with van der Waals surface area (Å²) in [5.41, 5.74) is 0.823. The fourth-order valence-electron chi connectivity index (χ4n) is 2.84. The summed E-state index contributed by atoms with van der Waals surface area (Å²) in [6.45, 7) is 6.60. The minimum atomic E-state index is -4.61. The van der Waals surface area contributed by atoms with Crippen molar-refractivity contribution in [3.8, 4) is 0 Å². The van der Waals surface area contributed by atoms with Gasteiger partial charge in [-0.25, -0.2) is 14.8 Å². The lowest BCUT2D eigenvalue weighted by atomic mass is 10.1. The van der Waals surface area contributed by atoms with E-state index in [9.17, 15) is 18.0 Å². The van der Waals surface area contributed by atoms with E-state index in [1.54, 1.807) is 29.2 Å². The van der Waals surface area contributed by atoms with Crippen molar-refractivity contribution in [2.75, 3.05) is 25.0 Å². The number of halogens is 3. The Bertz CT molecular complexity index is 882. The number of carbonyl (C=O) groups excluding carboxylic acids is 1. The van der Waals surface area contributed by atoms with E-state index < -0.39 is 23.7 Å². The average molecular weight is 424 g/mol. The van der Waals surface area contributed by atoms with Crippen molar-refractivity contribution in [3.05, 3.63) is 47.9 Å². The zero-order chi connectivity index (χ0) is 21.9. The van der Waals surface area contributed by atoms with Crippen molar-refractivity contribution < 1.29 is 27.4 Å². The standard InChI is InChI=1S/C20H23F3N4O3/c1-19(2,3)30-18(28)27-10-11-29-15(12-27)13-4-6-14(7-5-13)25-16-8-9-24-17(26-16)20(21,22)23/h4-9,15H,10-12H2,1-3H3,(H,24,25,26). The number of amides is 1. The summed E-state index contributed by atoms with van der Waals surface area (Å²) in [6, 6.07) is 8.35. The van der Waals surface area contributed by atoms with Gasteiger partial charge in [0.1, 0.15) is 17.5 Å². The molecule has 30 heavy (non-hydrogen) atoms. The van der Waals surface area contributed by atoms with Crippen molar-refractivity contribution in [1.82, 2.24) is 14.9 Å². The first-order chi connectivity index (χ1) is 14.0. The second kappa shape index (κ2) is 8.47. The quantitative estimate of drug-likeness (QED) is 0.779. The van der Waals surface area contributed by atoms with Crippen LogP contribution in [0.2, 0.25) is 0 Å². The van der Waals surface area contributed by atoms with Crippen LogP contribution in [-0.4, -0.2) is 46.3 Å². The van der Waals surface area contributed by atoms with E-state index in [0.717, 1.165) is 11.8 Å². The minimum Gasteiger partial charge on any atom is -0.444 e. The Morgan fingerprint density at radius 3 is 2.53 bits per heavy atom. The second-order valence-corrected chi connectivity index (χ2v) is 7.80. The molecule has 0 bridgehead atoms. The van der Waals surface area contributed by atoms with Crippen LogP contribution in [0.3, 0.4) is 0 Å². The molecule has 3 rings (SSSR count). The molecular formula is C20H23F3N4O3. The van der Waals surface area contributed by atoms with Crippen LogP contribution in [0.5, 0.6) is 0 Å². The molecule has 0 radical (unpaired) electrons. The molecule has 2 aromatic rings. The molecule has 1 fully saturated rings. The second-order valence-electron chi connectivity index (χ2n) is 7.80. The Hall–Kier alpha value is -2.88. The highest BCUT2D eigenvalue weighted by atomic mass is 19.4. The maximum Gasteiger partial charge on any atom is 0.451 e. The molecular weight excluding hydrogens is 401 g/mol. The van der Waals surface area contributed by atoms with Crippen molar-refractivity contribution >= 4 is 17.6 Å². The number of aromatic nitrogens is 2. The maximum absolute atomic E-state index is 12.7. The van der Waals surface area contributed by atoms with Crippen molar-refractivity contribution in [3.63, 3.8) is 0 Å². The molecule has 1 aliphatic heterocycles. The van der Waals surface area contributed by atoms with E-state index in [4.69, 9.17) is 9.47 Å². The summed E-state index contributed by atoms with van der Waals surface area (Å²) in [7, 11) is 0. The number of morpholine rings is 1. The zero-order valence-corrected chi connectivity index (χ0v) is 16.9. The summed E-state index contributed by atoms with van der Waals surface area (Å²) < 4.78 is 49.4. The number of hydrogen-bond acceptors (Lipinski definition) is 6. The molecule has 0 spiro atoms. The molecule has 0 saturated carbocycles. The first kappa shape index (κ1) is 21.8. The molecule has 1 amide bonds. The van der Waals surface area contributed by atoms with E-state index in [-0.39, 0.29) is 11.9 Å². The van der Waals surface area contributed by atoms with Gasteiger partial charge in [0.2, 0.25) is 5.82 Å². The molecule has 162 valence electrons. The molecule has 1 aromatic carbocycles. The number of benzene rings is 1. The van der Waals surface area contributed by atoms with Gasteiger partial charge in [-0.15, -0.1) is 0 Å². The molecule has 1 aromatic heterocycles. The van der Waals surface area contributed by atoms with Crippen LogP contribution in [0.25, 0.3) is 0 Å². The molecule has 1 atom stereocenters. The predicted octanol–water partition coefficient (Wildman–Crippen LogP) is 4.55. The molecule has 1 N–H and O–H groups in total. The molecule has 1 aliphatic rings. The minimum absolute atomic E-state index is 0.0371. The van der Waals surface area contributed by atoms with E-state index >= 15 is 0 Å². The number of rotatable bonds is 3. The van der Waals surface area contributed by atoms with Gasteiger partial charge in [0.15, 0.2) is 0 Å². The summed E-state index contributed by atoms with van der Waals surface area (Å²) in [6.07, 6.45) is -4.28. The van der Waals surface area contributed by atoms with Crippen LogP contribution in [0.4, 0.5) is 29.5 Å². The Balaban J connectivity index is 1.65. The van der Waals surface area contributed by atoms with Gasteiger partial charge in [0.05, 0.1) is 13.2 Å². The lowest BCUT2D eigenvalue weighted by molar-refractivity contribution is -0.144. The lowest BCUT2D eigenvalue weighted by Gasteiger charge is -2.34. The van der Waals surface area contributed by atoms with E-state index in [0.29, 0.717) is 25.4 Å². The summed E-state index contributed by atoms with van der Waals surface area (Å²) in [5, 5.41) is 2.82. The fraction of sp³-hybridized carbons (Fsp3) is 0.450. The average Bonchev–Trinajstić information content (AvgIpc) is 2.67. The fourth-order valence-corrected chi connectivity index (χ4v) is 2.84. The normalized spacial score (nSPS) is 17.5. The highest BCUT2D eigenvalue weighted by Gasteiger charge is 2.34. The molecule has 1 unspecified atom stereocenters. The molecule has 7 nitrogen and oxygen atoms in total. The van der Waals surface area contributed by atoms with Gasteiger partial charge >= 0.3 is 12.3 Å². The third-order valence-corrected chi connectivity index (χ3v) is 4.18. The number of carbonyl (C=O) groups is 1. The Morgan fingerprint density at radius 2 is 1.90 bits per heavy atom. The van der Waals surface area contributed by atoms with Crippen LogP contribution in [-0.2, 0) is 15.7 Å². The maximum atomic E-state index is 12.7. The van der Waals surface area contributed by atoms with Crippen molar-refractivity contribution in [2.24, 2.45) is 0 Å². The molecule has 0 aliphatic carbocycles. The summed E-state index contributed by atoms with van der Waals surface area (Å²) in [5.74, 6) is -1.17. The molecule has 1 saturated heterocycles. The number of hydrogen-bond donors (Lipinski definition) is 1. The first-order valence-corrected chi connectivity index (χ1v) is 9.38. The van der Waals surface area contributed by atoms with Crippen molar-refractivity contribution in [1.29, 1.82) is 0 Å². The molecule has 10 heteroatoms. The van der Waals surface area contributed by atoms with Gasteiger partial charge in [0.25, 0.3) is 0 Å². The predicted molar refractivity (Wildman–Crippen MR) is 103 cm³/mol. The van der Waals surface area contributed by atoms with Crippen LogP contribution >= 0.6 is 0 Å². The Kier molecular flexibility index (Phi) is 6.16. The van der Waals surface area contributed by atoms with Crippen LogP contribution in [0.1, 0.15) is 38.3 Å². The van der Waals surface area contributed by atoms with Gasteiger partial charge in [-0.05, 0) is 44.5 Å². The largest absolute Gasteiger partial charge is 0.451 e. The highest BCUT2D eigenvalue weighted by molar-refractivity contribution is 5.68. The molecule has 2 heterocycles. The number of nitrogens with zero attached hydrogens (tertiary/aromatic N) is 3. The van der Waals surface area contributed by atoms with Gasteiger partial charge in [0, 0.05) is 18.4 Å². The zero-order valence-electron chi connectivity index (χ0n) is 16.9. The van der Waals surface area contributed by atoms with Crippen molar-refractivity contribution in [2.45, 2.75) is 38.7 Å². The monoisotopic (exact) mass is 424 g/mol. The third-order valence-electron chi connectivity index (χ3n) is 4.18. The van der Waals surface area contributed by atoms with E-state index in [1.807, 2.05) is 20.8 Å². The summed E-state index contributed by atoms with van der Waals surface area (Å²) in [4.78, 5) is 20.6. The third kappa shape index (κ3) is 5.82. The topological polar surface area (TPSA) is 76.6 Å². The van der Waals surface area contributed by atoms with Crippen LogP contribution in [0, 0.1) is 0 Å². The summed E-state index contributed by atoms with van der Waals surface area (Å²) >= 11 is 0. The Labute approximate surface area is 172 Å². The number of ether oxygens (including phenoxy) is 2.